The molecule has 0 fully saturated rings. The van der Waals surface area contributed by atoms with Crippen molar-refractivity contribution in [3.8, 4) is 0 Å². The lowest BCUT2D eigenvalue weighted by molar-refractivity contribution is 0.241. The van der Waals surface area contributed by atoms with Crippen molar-refractivity contribution in [2.24, 2.45) is 5.92 Å². The summed E-state index contributed by atoms with van der Waals surface area (Å²) in [5, 5.41) is 0. The summed E-state index contributed by atoms with van der Waals surface area (Å²) in [6, 6.07) is 1.33. The van der Waals surface area contributed by atoms with E-state index in [0.717, 1.165) is 12.1 Å². The lowest BCUT2D eigenvalue weighted by Gasteiger charge is -2.36. The molecule has 0 saturated carbocycles. The normalized spacial score (nSPS) is 17.2. The number of hydrogen-bond acceptors (Lipinski definition) is 2. The van der Waals surface area contributed by atoms with E-state index in [0.29, 0.717) is 5.92 Å². The van der Waals surface area contributed by atoms with Crippen LogP contribution in [-0.2, 0) is 8.54 Å². The van der Waals surface area contributed by atoms with Crippen LogP contribution in [0.3, 0.4) is 0 Å². The molecule has 0 aromatic rings. The van der Waals surface area contributed by atoms with Crippen molar-refractivity contribution in [1.82, 2.24) is 0 Å². The Hall–Kier alpha value is 0.788. The largest absolute Gasteiger partial charge is 0.461 e. The summed E-state index contributed by atoms with van der Waals surface area (Å²) >= 11 is 0. The molecule has 0 aliphatic carbocycles. The first kappa shape index (κ1) is 22.8. The second-order valence-electron chi connectivity index (χ2n) is 9.46. The zero-order valence-electron chi connectivity index (χ0n) is 17.0. The highest BCUT2D eigenvalue weighted by Crippen LogP contribution is 2.36. The van der Waals surface area contributed by atoms with Crippen molar-refractivity contribution in [3.63, 3.8) is 0 Å². The Bertz CT molecular complexity index is 308. The molecule has 0 aromatic heterocycles. The van der Waals surface area contributed by atoms with Crippen molar-refractivity contribution < 1.29 is 8.54 Å². The van der Waals surface area contributed by atoms with E-state index >= 15 is 0 Å². The molecule has 2 nitrogen and oxygen atoms in total. The Labute approximate surface area is 146 Å². The van der Waals surface area contributed by atoms with E-state index in [-0.39, 0.29) is 9.76 Å². The molecule has 0 heterocycles. The van der Waals surface area contributed by atoms with Crippen LogP contribution in [0.4, 0.5) is 0 Å². The number of rotatable bonds is 11. The molecule has 0 spiro atoms. The average molecular weight is 379 g/mol. The first-order valence-electron chi connectivity index (χ1n) is 9.06. The van der Waals surface area contributed by atoms with Gasteiger partial charge in [0.2, 0.25) is 0 Å². The van der Waals surface area contributed by atoms with Crippen LogP contribution in [0, 0.1) is 5.92 Å². The monoisotopic (exact) mass is 378 g/mol. The molecule has 0 aliphatic rings. The highest BCUT2D eigenvalue weighted by Gasteiger charge is 2.32. The van der Waals surface area contributed by atoms with E-state index in [1.807, 2.05) is 0 Å². The fourth-order valence-electron chi connectivity index (χ4n) is 3.28. The molecule has 0 amide bonds. The molecule has 22 heavy (non-hydrogen) atoms. The third kappa shape index (κ3) is 10.5. The van der Waals surface area contributed by atoms with Crippen LogP contribution in [0.5, 0.6) is 0 Å². The van der Waals surface area contributed by atoms with Crippen LogP contribution in [0.2, 0.25) is 70.5 Å². The summed E-state index contributed by atoms with van der Waals surface area (Å²) in [4.78, 5) is 0. The molecule has 2 atom stereocenters. The van der Waals surface area contributed by atoms with E-state index < -0.39 is 24.7 Å². The first-order chi connectivity index (χ1) is 9.78. The Kier molecular flexibility index (Phi) is 9.65. The molecule has 2 unspecified atom stereocenters. The van der Waals surface area contributed by atoms with Crippen LogP contribution in [0.15, 0.2) is 0 Å². The molecule has 0 aliphatic heterocycles. The molecule has 0 radical (unpaired) electrons. The molecule has 0 aromatic carbocycles. The fourth-order valence-corrected chi connectivity index (χ4v) is 11.7. The smallest absolute Gasteiger partial charge is 0.183 e. The Morgan fingerprint density at radius 1 is 0.955 bits per heavy atom. The molecule has 0 bridgehead atoms. The zero-order chi connectivity index (χ0) is 17.6. The Morgan fingerprint density at radius 3 is 1.91 bits per heavy atom. The third-order valence-electron chi connectivity index (χ3n) is 4.41. The predicted molar refractivity (Wildman–Crippen MR) is 113 cm³/mol. The van der Waals surface area contributed by atoms with E-state index in [4.69, 9.17) is 8.54 Å². The van der Waals surface area contributed by atoms with Crippen molar-refractivity contribution in [3.05, 3.63) is 0 Å². The minimum atomic E-state index is -1.39. The van der Waals surface area contributed by atoms with Gasteiger partial charge in [0.25, 0.3) is 0 Å². The van der Waals surface area contributed by atoms with Crippen molar-refractivity contribution in [1.29, 1.82) is 0 Å². The summed E-state index contributed by atoms with van der Waals surface area (Å²) in [7, 11) is -4.14. The molecular formula is C16H42O2Si4. The number of hydrogen-bond donors (Lipinski definition) is 0. The van der Waals surface area contributed by atoms with E-state index in [2.05, 4.69) is 65.8 Å². The van der Waals surface area contributed by atoms with Gasteiger partial charge in [-0.3, -0.25) is 0 Å². The Balaban J connectivity index is 4.54. The third-order valence-corrected chi connectivity index (χ3v) is 14.4. The molecular weight excluding hydrogens is 337 g/mol. The molecule has 0 saturated heterocycles. The first-order valence-corrected chi connectivity index (χ1v) is 21.2. The molecule has 0 rings (SSSR count). The van der Waals surface area contributed by atoms with Gasteiger partial charge in [0, 0.05) is 14.7 Å². The van der Waals surface area contributed by atoms with Gasteiger partial charge in [-0.15, -0.1) is 0 Å². The predicted octanol–water partition coefficient (Wildman–Crippen LogP) is 5.32. The zero-order valence-corrected chi connectivity index (χ0v) is 21.4. The second-order valence-corrected chi connectivity index (χ2v) is 25.2. The van der Waals surface area contributed by atoms with Crippen LogP contribution in [-0.4, -0.2) is 41.1 Å². The van der Waals surface area contributed by atoms with Gasteiger partial charge in [-0.2, -0.15) is 0 Å². The maximum Gasteiger partial charge on any atom is 0.183 e. The summed E-state index contributed by atoms with van der Waals surface area (Å²) in [6.45, 7) is 24.9. The highest BCUT2D eigenvalue weighted by molar-refractivity contribution is 6.77. The van der Waals surface area contributed by atoms with Gasteiger partial charge in [0.1, 0.15) is 9.76 Å². The van der Waals surface area contributed by atoms with E-state index in [1.54, 1.807) is 0 Å². The topological polar surface area (TPSA) is 18.5 Å². The summed E-state index contributed by atoms with van der Waals surface area (Å²) in [5.74, 6) is 0.699. The van der Waals surface area contributed by atoms with Gasteiger partial charge in [-0.1, -0.05) is 46.0 Å². The second kappa shape index (κ2) is 9.32. The maximum atomic E-state index is 6.20. The minimum absolute atomic E-state index is 0.249. The quantitative estimate of drug-likeness (QED) is 0.453. The van der Waals surface area contributed by atoms with Crippen LogP contribution in [0.1, 0.15) is 19.8 Å². The van der Waals surface area contributed by atoms with Crippen LogP contribution < -0.4 is 0 Å². The van der Waals surface area contributed by atoms with Gasteiger partial charge in [-0.25, -0.2) is 0 Å². The summed E-state index contributed by atoms with van der Waals surface area (Å²) < 4.78 is 12.3. The van der Waals surface area contributed by atoms with Crippen LogP contribution >= 0.6 is 0 Å². The molecule has 134 valence electrons. The van der Waals surface area contributed by atoms with Gasteiger partial charge in [-0.05, 0) is 50.2 Å². The lowest BCUT2D eigenvalue weighted by Crippen LogP contribution is -2.37. The van der Waals surface area contributed by atoms with Crippen molar-refractivity contribution in [2.75, 3.05) is 6.61 Å². The van der Waals surface area contributed by atoms with Crippen molar-refractivity contribution >= 4 is 34.5 Å². The van der Waals surface area contributed by atoms with Gasteiger partial charge >= 0.3 is 0 Å². The van der Waals surface area contributed by atoms with Crippen molar-refractivity contribution in [2.45, 2.75) is 90.3 Å². The SMILES string of the molecule is C[SiH2]O[Si](C)(C)CCCC(C(C)CO[Si](C)(C)C)[Si](C)(C)C. The average Bonchev–Trinajstić information content (AvgIpc) is 2.29. The Morgan fingerprint density at radius 2 is 1.50 bits per heavy atom. The van der Waals surface area contributed by atoms with Crippen LogP contribution in [0.25, 0.3) is 0 Å². The fraction of sp³-hybridized carbons (Fsp3) is 1.00. The standard InChI is InChI=1S/C16H42O2Si4/c1-15(14-17-21(6,7)8)16(20(3,4)5)12-11-13-22(9,10)18-19-2/h15-16H,11-14,19H2,1-10H3. The minimum Gasteiger partial charge on any atom is -0.461 e. The van der Waals surface area contributed by atoms with Gasteiger partial charge in [0.15, 0.2) is 16.6 Å². The maximum absolute atomic E-state index is 6.20. The molecule has 6 heteroatoms. The molecule has 0 N–H and O–H groups in total. The van der Waals surface area contributed by atoms with Gasteiger partial charge in [0.05, 0.1) is 0 Å². The summed E-state index contributed by atoms with van der Waals surface area (Å²) in [6.07, 6.45) is 2.72. The lowest BCUT2D eigenvalue weighted by atomic mass is 10.0. The van der Waals surface area contributed by atoms with Gasteiger partial charge < -0.3 is 8.54 Å². The highest BCUT2D eigenvalue weighted by atomic mass is 28.4. The van der Waals surface area contributed by atoms with E-state index in [1.165, 1.54) is 18.9 Å². The van der Waals surface area contributed by atoms with E-state index in [9.17, 15) is 0 Å². The summed E-state index contributed by atoms with van der Waals surface area (Å²) in [5.41, 5.74) is 0.868.